The quantitative estimate of drug-likeness (QED) is 0.522. The summed E-state index contributed by atoms with van der Waals surface area (Å²) in [5, 5.41) is 11.9. The van der Waals surface area contributed by atoms with Gasteiger partial charge in [0.25, 0.3) is 0 Å². The van der Waals surface area contributed by atoms with E-state index in [1.54, 1.807) is 54.6 Å². The summed E-state index contributed by atoms with van der Waals surface area (Å²) in [4.78, 5) is 24.1. The minimum Gasteiger partial charge on any atom is -0.464 e. The van der Waals surface area contributed by atoms with Gasteiger partial charge < -0.3 is 10.1 Å². The summed E-state index contributed by atoms with van der Waals surface area (Å²) in [5.74, 6) is -1.03. The van der Waals surface area contributed by atoms with Crippen LogP contribution in [0, 0.1) is 11.3 Å². The standard InChI is InChI=1S/C18H14N2O3/c1-23-18(22)16(11-17(21)13-7-3-2-4-8-13)20-15-10-6-5-9-14(15)12-19/h2-11,20H,1H3. The zero-order chi connectivity index (χ0) is 16.7. The number of hydrogen-bond acceptors (Lipinski definition) is 5. The van der Waals surface area contributed by atoms with Gasteiger partial charge in [-0.05, 0) is 12.1 Å². The molecule has 0 saturated heterocycles. The SMILES string of the molecule is COC(=O)C(=CC(=O)c1ccccc1)Nc1ccccc1C#N. The number of esters is 1. The van der Waals surface area contributed by atoms with Crippen molar-refractivity contribution < 1.29 is 14.3 Å². The van der Waals surface area contributed by atoms with Gasteiger partial charge >= 0.3 is 5.97 Å². The number of ketones is 1. The zero-order valence-electron chi connectivity index (χ0n) is 12.4. The van der Waals surface area contributed by atoms with E-state index in [-0.39, 0.29) is 11.5 Å². The molecule has 0 saturated carbocycles. The number of nitrogens with one attached hydrogen (secondary N) is 1. The summed E-state index contributed by atoms with van der Waals surface area (Å²) in [6.07, 6.45) is 1.16. The molecule has 0 radical (unpaired) electrons. The second-order valence-corrected chi connectivity index (χ2v) is 4.56. The number of nitrogens with zero attached hydrogens (tertiary/aromatic N) is 1. The third-order valence-corrected chi connectivity index (χ3v) is 3.06. The average Bonchev–Trinajstić information content (AvgIpc) is 2.61. The summed E-state index contributed by atoms with van der Waals surface area (Å²) >= 11 is 0. The Kier molecular flexibility index (Phi) is 5.26. The van der Waals surface area contributed by atoms with Crippen LogP contribution in [0.4, 0.5) is 5.69 Å². The maximum Gasteiger partial charge on any atom is 0.354 e. The van der Waals surface area contributed by atoms with Gasteiger partial charge in [-0.1, -0.05) is 42.5 Å². The lowest BCUT2D eigenvalue weighted by molar-refractivity contribution is -0.135. The van der Waals surface area contributed by atoms with Crippen molar-refractivity contribution in [1.29, 1.82) is 5.26 Å². The fourth-order valence-corrected chi connectivity index (χ4v) is 1.91. The zero-order valence-corrected chi connectivity index (χ0v) is 12.4. The normalized spacial score (nSPS) is 10.5. The molecule has 0 atom stereocenters. The van der Waals surface area contributed by atoms with Crippen molar-refractivity contribution in [3.63, 3.8) is 0 Å². The number of anilines is 1. The number of hydrogen-bond donors (Lipinski definition) is 1. The number of para-hydroxylation sites is 1. The molecule has 0 spiro atoms. The Morgan fingerprint density at radius 1 is 1.09 bits per heavy atom. The minimum atomic E-state index is -0.693. The molecule has 0 unspecified atom stereocenters. The van der Waals surface area contributed by atoms with E-state index >= 15 is 0 Å². The van der Waals surface area contributed by atoms with E-state index in [0.29, 0.717) is 16.8 Å². The van der Waals surface area contributed by atoms with Gasteiger partial charge in [0.15, 0.2) is 5.78 Å². The molecule has 0 amide bonds. The van der Waals surface area contributed by atoms with E-state index in [4.69, 9.17) is 5.26 Å². The van der Waals surface area contributed by atoms with Crippen LogP contribution in [0.25, 0.3) is 0 Å². The highest BCUT2D eigenvalue weighted by Crippen LogP contribution is 2.17. The fourth-order valence-electron chi connectivity index (χ4n) is 1.91. The van der Waals surface area contributed by atoms with Crippen LogP contribution in [-0.2, 0) is 9.53 Å². The van der Waals surface area contributed by atoms with Crippen LogP contribution >= 0.6 is 0 Å². The first-order chi connectivity index (χ1) is 11.2. The number of rotatable bonds is 5. The number of carbonyl (C=O) groups is 2. The molecular weight excluding hydrogens is 292 g/mol. The number of carbonyl (C=O) groups excluding carboxylic acids is 2. The number of allylic oxidation sites excluding steroid dienone is 1. The first-order valence-corrected chi connectivity index (χ1v) is 6.81. The Morgan fingerprint density at radius 2 is 1.74 bits per heavy atom. The predicted octanol–water partition coefficient (Wildman–Crippen LogP) is 2.91. The van der Waals surface area contributed by atoms with E-state index in [1.165, 1.54) is 7.11 Å². The van der Waals surface area contributed by atoms with Crippen LogP contribution in [0.1, 0.15) is 15.9 Å². The lowest BCUT2D eigenvalue weighted by atomic mass is 10.1. The highest BCUT2D eigenvalue weighted by Gasteiger charge is 2.14. The van der Waals surface area contributed by atoms with Crippen LogP contribution in [0.15, 0.2) is 66.4 Å². The molecule has 0 bridgehead atoms. The second kappa shape index (κ2) is 7.57. The molecule has 114 valence electrons. The predicted molar refractivity (Wildman–Crippen MR) is 85.7 cm³/mol. The Morgan fingerprint density at radius 3 is 2.39 bits per heavy atom. The third kappa shape index (κ3) is 4.05. The molecule has 2 aromatic rings. The summed E-state index contributed by atoms with van der Waals surface area (Å²) in [5.41, 5.74) is 1.19. The van der Waals surface area contributed by atoms with Crippen LogP contribution < -0.4 is 5.32 Å². The number of benzene rings is 2. The van der Waals surface area contributed by atoms with Crippen molar-refractivity contribution in [2.24, 2.45) is 0 Å². The summed E-state index contributed by atoms with van der Waals surface area (Å²) < 4.78 is 4.69. The molecule has 1 N–H and O–H groups in total. The second-order valence-electron chi connectivity index (χ2n) is 4.56. The largest absolute Gasteiger partial charge is 0.464 e. The van der Waals surface area contributed by atoms with Crippen LogP contribution in [0.2, 0.25) is 0 Å². The molecule has 0 fully saturated rings. The third-order valence-electron chi connectivity index (χ3n) is 3.06. The van der Waals surface area contributed by atoms with Crippen molar-refractivity contribution in [3.05, 3.63) is 77.5 Å². The van der Waals surface area contributed by atoms with Crippen LogP contribution in [-0.4, -0.2) is 18.9 Å². The highest BCUT2D eigenvalue weighted by molar-refractivity contribution is 6.09. The molecule has 5 nitrogen and oxygen atoms in total. The Hall–Kier alpha value is -3.39. The van der Waals surface area contributed by atoms with Crippen molar-refractivity contribution in [3.8, 4) is 6.07 Å². The van der Waals surface area contributed by atoms with Crippen molar-refractivity contribution >= 4 is 17.4 Å². The van der Waals surface area contributed by atoms with Gasteiger partial charge in [0.2, 0.25) is 0 Å². The van der Waals surface area contributed by atoms with Crippen molar-refractivity contribution in [1.82, 2.24) is 0 Å². The van der Waals surface area contributed by atoms with E-state index in [2.05, 4.69) is 10.1 Å². The first-order valence-electron chi connectivity index (χ1n) is 6.81. The Labute approximate surface area is 133 Å². The molecule has 2 aromatic carbocycles. The maximum absolute atomic E-state index is 12.2. The molecule has 0 heterocycles. The Bertz CT molecular complexity index is 789. The molecule has 23 heavy (non-hydrogen) atoms. The van der Waals surface area contributed by atoms with Crippen LogP contribution in [0.5, 0.6) is 0 Å². The van der Waals surface area contributed by atoms with Gasteiger partial charge in [0.1, 0.15) is 11.8 Å². The van der Waals surface area contributed by atoms with Crippen LogP contribution in [0.3, 0.4) is 0 Å². The monoisotopic (exact) mass is 306 g/mol. The van der Waals surface area contributed by atoms with E-state index in [1.807, 2.05) is 6.07 Å². The number of nitriles is 1. The molecule has 0 aliphatic carbocycles. The van der Waals surface area contributed by atoms with Gasteiger partial charge in [-0.3, -0.25) is 4.79 Å². The summed E-state index contributed by atoms with van der Waals surface area (Å²) in [7, 11) is 1.22. The first kappa shape index (κ1) is 16.0. The van der Waals surface area contributed by atoms with Gasteiger partial charge in [-0.2, -0.15) is 5.26 Å². The van der Waals surface area contributed by atoms with E-state index in [9.17, 15) is 9.59 Å². The van der Waals surface area contributed by atoms with Gasteiger partial charge in [-0.25, -0.2) is 4.79 Å². The topological polar surface area (TPSA) is 79.2 Å². The molecule has 0 aromatic heterocycles. The van der Waals surface area contributed by atoms with E-state index < -0.39 is 5.97 Å². The maximum atomic E-state index is 12.2. The minimum absolute atomic E-state index is 0.0379. The Balaban J connectivity index is 2.35. The fraction of sp³-hybridized carbons (Fsp3) is 0.0556. The molecule has 0 aliphatic rings. The molecule has 5 heteroatoms. The highest BCUT2D eigenvalue weighted by atomic mass is 16.5. The molecule has 2 rings (SSSR count). The summed E-state index contributed by atoms with van der Waals surface area (Å²) in [6.45, 7) is 0. The van der Waals surface area contributed by atoms with Gasteiger partial charge in [0, 0.05) is 11.6 Å². The van der Waals surface area contributed by atoms with Crippen molar-refractivity contribution in [2.75, 3.05) is 12.4 Å². The number of methoxy groups -OCH3 is 1. The molecular formula is C18H14N2O3. The lowest BCUT2D eigenvalue weighted by Crippen LogP contribution is -2.15. The lowest BCUT2D eigenvalue weighted by Gasteiger charge is -2.10. The smallest absolute Gasteiger partial charge is 0.354 e. The van der Waals surface area contributed by atoms with Gasteiger partial charge in [0.05, 0.1) is 18.4 Å². The number of ether oxygens (including phenoxy) is 1. The summed E-state index contributed by atoms with van der Waals surface area (Å²) in [6, 6.07) is 17.3. The average molecular weight is 306 g/mol. The van der Waals surface area contributed by atoms with Crippen molar-refractivity contribution in [2.45, 2.75) is 0 Å². The van der Waals surface area contributed by atoms with Gasteiger partial charge in [-0.15, -0.1) is 0 Å². The van der Waals surface area contributed by atoms with E-state index in [0.717, 1.165) is 6.08 Å². The molecule has 0 aliphatic heterocycles.